The maximum absolute atomic E-state index is 13.4. The fourth-order valence-corrected chi connectivity index (χ4v) is 1.60. The molecule has 0 bridgehead atoms. The molecule has 1 aliphatic carbocycles. The predicted octanol–water partition coefficient (Wildman–Crippen LogP) is 3.21. The van der Waals surface area contributed by atoms with Crippen LogP contribution in [-0.2, 0) is 0 Å². The molecule has 18 heavy (non-hydrogen) atoms. The second-order valence-corrected chi connectivity index (χ2v) is 5.12. The van der Waals surface area contributed by atoms with E-state index in [1.807, 2.05) is 0 Å². The summed E-state index contributed by atoms with van der Waals surface area (Å²) < 4.78 is 13.4. The van der Waals surface area contributed by atoms with Crippen molar-refractivity contribution in [2.75, 3.05) is 12.0 Å². The van der Waals surface area contributed by atoms with E-state index in [9.17, 15) is 4.39 Å². The Morgan fingerprint density at radius 1 is 1.39 bits per heavy atom. The fourth-order valence-electron chi connectivity index (χ4n) is 1.60. The Balaban J connectivity index is 1.94. The second kappa shape index (κ2) is 5.85. The molecule has 0 unspecified atom stereocenters. The number of amidine groups is 1. The number of hydrazine groups is 1. The molecule has 0 atom stereocenters. The van der Waals surface area contributed by atoms with Crippen LogP contribution in [0.2, 0.25) is 0 Å². The van der Waals surface area contributed by atoms with Crippen LogP contribution in [0.3, 0.4) is 0 Å². The number of hydrogen-bond donors (Lipinski definition) is 2. The lowest BCUT2D eigenvalue weighted by molar-refractivity contribution is 0.629. The lowest BCUT2D eigenvalue weighted by atomic mass is 10.2. The van der Waals surface area contributed by atoms with Gasteiger partial charge in [-0.15, -0.1) is 0 Å². The van der Waals surface area contributed by atoms with Gasteiger partial charge in [0.2, 0.25) is 0 Å². The molecular formula is C14H20FN3. The van der Waals surface area contributed by atoms with E-state index in [4.69, 9.17) is 0 Å². The number of anilines is 1. The van der Waals surface area contributed by atoms with Gasteiger partial charge in [-0.1, -0.05) is 26.0 Å². The molecule has 2 N–H and O–H groups in total. The third-order valence-corrected chi connectivity index (χ3v) is 2.79. The predicted molar refractivity (Wildman–Crippen MR) is 73.0 cm³/mol. The van der Waals surface area contributed by atoms with Crippen LogP contribution in [0.25, 0.3) is 0 Å². The van der Waals surface area contributed by atoms with Crippen LogP contribution in [-0.4, -0.2) is 12.4 Å². The van der Waals surface area contributed by atoms with Crippen LogP contribution >= 0.6 is 0 Å². The highest BCUT2D eigenvalue weighted by molar-refractivity contribution is 5.87. The first-order valence-corrected chi connectivity index (χ1v) is 6.47. The maximum atomic E-state index is 13.4. The van der Waals surface area contributed by atoms with Crippen molar-refractivity contribution >= 4 is 11.5 Å². The molecule has 1 aromatic rings. The van der Waals surface area contributed by atoms with Gasteiger partial charge < -0.3 is 0 Å². The number of nitrogens with one attached hydrogen (secondary N) is 2. The largest absolute Gasteiger partial charge is 0.297 e. The van der Waals surface area contributed by atoms with Crippen LogP contribution in [0.5, 0.6) is 0 Å². The summed E-state index contributed by atoms with van der Waals surface area (Å²) in [5.74, 6) is 1.74. The van der Waals surface area contributed by atoms with Crippen molar-refractivity contribution < 1.29 is 4.39 Å². The van der Waals surface area contributed by atoms with Crippen LogP contribution < -0.4 is 10.9 Å². The Hall–Kier alpha value is -1.58. The fraction of sp³-hybridized carbons (Fsp3) is 0.500. The first-order chi connectivity index (χ1) is 8.66. The lowest BCUT2D eigenvalue weighted by Crippen LogP contribution is -2.32. The number of benzene rings is 1. The highest BCUT2D eigenvalue weighted by Crippen LogP contribution is 2.29. The third kappa shape index (κ3) is 3.72. The van der Waals surface area contributed by atoms with Gasteiger partial charge in [0.05, 0.1) is 5.69 Å². The minimum atomic E-state index is -0.260. The van der Waals surface area contributed by atoms with Gasteiger partial charge in [0, 0.05) is 12.5 Å². The normalized spacial score (nSPS) is 15.9. The van der Waals surface area contributed by atoms with Gasteiger partial charge >= 0.3 is 0 Å². The quantitative estimate of drug-likeness (QED) is 0.477. The topological polar surface area (TPSA) is 36.4 Å². The molecule has 1 aliphatic rings. The van der Waals surface area contributed by atoms with E-state index >= 15 is 0 Å². The molecule has 0 radical (unpaired) electrons. The first-order valence-electron chi connectivity index (χ1n) is 6.47. The van der Waals surface area contributed by atoms with Crippen molar-refractivity contribution in [3.8, 4) is 0 Å². The van der Waals surface area contributed by atoms with Gasteiger partial charge in [0.25, 0.3) is 0 Å². The van der Waals surface area contributed by atoms with Crippen molar-refractivity contribution in [3.05, 3.63) is 30.1 Å². The zero-order valence-corrected chi connectivity index (χ0v) is 10.9. The minimum absolute atomic E-state index is 0.260. The summed E-state index contributed by atoms with van der Waals surface area (Å²) in [4.78, 5) is 4.55. The number of aliphatic imine (C=N–C) groups is 1. The van der Waals surface area contributed by atoms with Crippen molar-refractivity contribution in [1.29, 1.82) is 0 Å². The summed E-state index contributed by atoms with van der Waals surface area (Å²) in [6.45, 7) is 5.08. The zero-order chi connectivity index (χ0) is 13.0. The van der Waals surface area contributed by atoms with Gasteiger partial charge in [-0.05, 0) is 30.9 Å². The molecule has 3 nitrogen and oxygen atoms in total. The number of hydrogen-bond acceptors (Lipinski definition) is 2. The zero-order valence-electron chi connectivity index (χ0n) is 10.9. The SMILES string of the molecule is CC(C)CN=C(NNc1ccccc1F)C1CC1. The van der Waals surface area contributed by atoms with Gasteiger partial charge in [0.15, 0.2) is 0 Å². The average molecular weight is 249 g/mol. The molecule has 0 heterocycles. The van der Waals surface area contributed by atoms with Crippen LogP contribution in [0.15, 0.2) is 29.3 Å². The molecule has 1 aromatic carbocycles. The van der Waals surface area contributed by atoms with Gasteiger partial charge in [0.1, 0.15) is 11.7 Å². The summed E-state index contributed by atoms with van der Waals surface area (Å²) in [5.41, 5.74) is 6.41. The van der Waals surface area contributed by atoms with Gasteiger partial charge in [-0.3, -0.25) is 15.8 Å². The Labute approximate surface area is 107 Å². The van der Waals surface area contributed by atoms with Gasteiger partial charge in [-0.2, -0.15) is 0 Å². The van der Waals surface area contributed by atoms with E-state index in [0.29, 0.717) is 17.5 Å². The van der Waals surface area contributed by atoms with E-state index in [2.05, 4.69) is 29.7 Å². The van der Waals surface area contributed by atoms with Crippen molar-refractivity contribution in [1.82, 2.24) is 5.43 Å². The van der Waals surface area contributed by atoms with Crippen LogP contribution in [0.1, 0.15) is 26.7 Å². The van der Waals surface area contributed by atoms with Crippen LogP contribution in [0.4, 0.5) is 10.1 Å². The molecule has 2 rings (SSSR count). The molecular weight excluding hydrogens is 229 g/mol. The average Bonchev–Trinajstić information content (AvgIpc) is 3.15. The standard InChI is InChI=1S/C14H20FN3/c1-10(2)9-16-14(11-7-8-11)18-17-13-6-4-3-5-12(13)15/h3-6,10-11,17H,7-9H2,1-2H3,(H,16,18). The molecule has 0 saturated heterocycles. The monoisotopic (exact) mass is 249 g/mol. The number of rotatable bonds is 5. The minimum Gasteiger partial charge on any atom is -0.297 e. The molecule has 0 amide bonds. The summed E-state index contributed by atoms with van der Waals surface area (Å²) in [6, 6.07) is 6.62. The lowest BCUT2D eigenvalue weighted by Gasteiger charge is -2.13. The Kier molecular flexibility index (Phi) is 4.18. The van der Waals surface area contributed by atoms with Crippen molar-refractivity contribution in [3.63, 3.8) is 0 Å². The van der Waals surface area contributed by atoms with Crippen LogP contribution in [0, 0.1) is 17.7 Å². The second-order valence-electron chi connectivity index (χ2n) is 5.12. The maximum Gasteiger partial charge on any atom is 0.148 e. The molecule has 4 heteroatoms. The van der Waals surface area contributed by atoms with E-state index in [1.165, 1.54) is 18.9 Å². The summed E-state index contributed by atoms with van der Waals surface area (Å²) in [5, 5.41) is 0. The molecule has 98 valence electrons. The number of nitrogens with zero attached hydrogens (tertiary/aromatic N) is 1. The Bertz CT molecular complexity index is 425. The highest BCUT2D eigenvalue weighted by Gasteiger charge is 2.27. The third-order valence-electron chi connectivity index (χ3n) is 2.79. The number of halogens is 1. The first kappa shape index (κ1) is 12.9. The van der Waals surface area contributed by atoms with E-state index in [0.717, 1.165) is 12.4 Å². The van der Waals surface area contributed by atoms with Crippen molar-refractivity contribution in [2.24, 2.45) is 16.8 Å². The van der Waals surface area contributed by atoms with E-state index < -0.39 is 0 Å². The van der Waals surface area contributed by atoms with E-state index in [-0.39, 0.29) is 5.82 Å². The van der Waals surface area contributed by atoms with E-state index in [1.54, 1.807) is 18.2 Å². The number of para-hydroxylation sites is 1. The van der Waals surface area contributed by atoms with Gasteiger partial charge in [-0.25, -0.2) is 4.39 Å². The Morgan fingerprint density at radius 3 is 2.72 bits per heavy atom. The smallest absolute Gasteiger partial charge is 0.148 e. The summed E-state index contributed by atoms with van der Waals surface area (Å²) in [7, 11) is 0. The molecule has 0 aliphatic heterocycles. The summed E-state index contributed by atoms with van der Waals surface area (Å²) >= 11 is 0. The molecule has 1 saturated carbocycles. The Morgan fingerprint density at radius 2 is 2.11 bits per heavy atom. The summed E-state index contributed by atoms with van der Waals surface area (Å²) in [6.07, 6.45) is 2.34. The highest BCUT2D eigenvalue weighted by atomic mass is 19.1. The molecule has 0 spiro atoms. The van der Waals surface area contributed by atoms with Crippen molar-refractivity contribution in [2.45, 2.75) is 26.7 Å². The molecule has 0 aromatic heterocycles. The molecule has 1 fully saturated rings.